The molecule has 4 nitrogen and oxygen atoms in total. The van der Waals surface area contributed by atoms with Crippen LogP contribution in [0.2, 0.25) is 0 Å². The second-order valence-electron chi connectivity index (χ2n) is 5.64. The maximum absolute atomic E-state index is 12.0. The summed E-state index contributed by atoms with van der Waals surface area (Å²) in [6.45, 7) is 7.06. The van der Waals surface area contributed by atoms with E-state index in [1.807, 2.05) is 6.20 Å². The lowest BCUT2D eigenvalue weighted by molar-refractivity contribution is -0.122. The summed E-state index contributed by atoms with van der Waals surface area (Å²) in [5.74, 6) is 1.24. The molecule has 2 atom stereocenters. The first-order chi connectivity index (χ1) is 9.69. The minimum atomic E-state index is 0. The topological polar surface area (TPSA) is 54.0 Å². The van der Waals surface area contributed by atoms with Crippen molar-refractivity contribution in [2.75, 3.05) is 13.1 Å². The number of carbonyl (C=O) groups is 1. The van der Waals surface area contributed by atoms with Gasteiger partial charge in [-0.2, -0.15) is 0 Å². The maximum Gasteiger partial charge on any atom is 0.220 e. The van der Waals surface area contributed by atoms with E-state index in [9.17, 15) is 4.79 Å². The number of aromatic nitrogens is 1. The fourth-order valence-corrected chi connectivity index (χ4v) is 3.47. The number of carbonyl (C=O) groups excluding carboxylic acids is 1. The van der Waals surface area contributed by atoms with Crippen molar-refractivity contribution in [3.05, 3.63) is 16.1 Å². The van der Waals surface area contributed by atoms with Crippen molar-refractivity contribution in [1.82, 2.24) is 15.6 Å². The molecular formula is C15H27Cl2N3OS. The van der Waals surface area contributed by atoms with Gasteiger partial charge >= 0.3 is 0 Å². The van der Waals surface area contributed by atoms with Crippen LogP contribution in [0, 0.1) is 11.8 Å². The van der Waals surface area contributed by atoms with Crippen molar-refractivity contribution >= 4 is 42.1 Å². The van der Waals surface area contributed by atoms with Gasteiger partial charge in [0.25, 0.3) is 0 Å². The van der Waals surface area contributed by atoms with Crippen molar-refractivity contribution < 1.29 is 4.79 Å². The van der Waals surface area contributed by atoms with Crippen molar-refractivity contribution in [2.45, 2.75) is 46.1 Å². The predicted molar refractivity (Wildman–Crippen MR) is 97.2 cm³/mol. The highest BCUT2D eigenvalue weighted by Crippen LogP contribution is 2.22. The van der Waals surface area contributed by atoms with Crippen LogP contribution < -0.4 is 10.6 Å². The van der Waals surface area contributed by atoms with Gasteiger partial charge in [0.15, 0.2) is 0 Å². The summed E-state index contributed by atoms with van der Waals surface area (Å²) < 4.78 is 0. The van der Waals surface area contributed by atoms with Gasteiger partial charge in [-0.25, -0.2) is 4.98 Å². The molecule has 0 saturated carbocycles. The van der Waals surface area contributed by atoms with E-state index >= 15 is 0 Å². The fourth-order valence-electron chi connectivity index (χ4n) is 2.66. The number of amides is 1. The van der Waals surface area contributed by atoms with Gasteiger partial charge in [0.2, 0.25) is 5.91 Å². The summed E-state index contributed by atoms with van der Waals surface area (Å²) >= 11 is 1.69. The number of nitrogens with zero attached hydrogens (tertiary/aromatic N) is 1. The zero-order chi connectivity index (χ0) is 14.4. The quantitative estimate of drug-likeness (QED) is 0.811. The third kappa shape index (κ3) is 6.82. The number of rotatable bonds is 6. The average molecular weight is 368 g/mol. The second-order valence-corrected chi connectivity index (χ2v) is 6.84. The Kier molecular flexibility index (Phi) is 11.0. The zero-order valence-electron chi connectivity index (χ0n) is 13.3. The minimum absolute atomic E-state index is 0. The molecule has 22 heavy (non-hydrogen) atoms. The second kappa shape index (κ2) is 11.2. The Morgan fingerprint density at radius 1 is 1.55 bits per heavy atom. The van der Waals surface area contributed by atoms with Gasteiger partial charge in [-0.05, 0) is 44.2 Å². The molecule has 0 aromatic carbocycles. The van der Waals surface area contributed by atoms with Crippen LogP contribution in [-0.2, 0) is 17.8 Å². The van der Waals surface area contributed by atoms with Crippen LogP contribution >= 0.6 is 36.2 Å². The molecule has 0 spiro atoms. The van der Waals surface area contributed by atoms with Gasteiger partial charge in [0, 0.05) is 17.5 Å². The van der Waals surface area contributed by atoms with Gasteiger partial charge < -0.3 is 10.6 Å². The van der Waals surface area contributed by atoms with E-state index < -0.39 is 0 Å². The van der Waals surface area contributed by atoms with Crippen LogP contribution in [0.25, 0.3) is 0 Å². The summed E-state index contributed by atoms with van der Waals surface area (Å²) in [6.07, 6.45) is 6.02. The molecule has 2 N–H and O–H groups in total. The average Bonchev–Trinajstić information content (AvgIpc) is 2.94. The summed E-state index contributed by atoms with van der Waals surface area (Å²) in [5.41, 5.74) is 0. The number of hydrogen-bond donors (Lipinski definition) is 2. The van der Waals surface area contributed by atoms with Crippen molar-refractivity contribution in [3.8, 4) is 0 Å². The zero-order valence-corrected chi connectivity index (χ0v) is 15.7. The molecule has 7 heteroatoms. The van der Waals surface area contributed by atoms with Gasteiger partial charge in [-0.3, -0.25) is 4.79 Å². The van der Waals surface area contributed by atoms with Crippen LogP contribution in [0.1, 0.15) is 43.0 Å². The Morgan fingerprint density at radius 3 is 2.91 bits per heavy atom. The van der Waals surface area contributed by atoms with Gasteiger partial charge in [0.1, 0.15) is 5.01 Å². The normalized spacial score (nSPS) is 18.7. The standard InChI is InChI=1S/C15H25N3OS.2ClH/c1-3-13-9-18-15(20-13)10-17-14(19)7-11(2)12-5-4-6-16-8-12;;/h9,11-12,16H,3-8,10H2,1-2H3,(H,17,19);2*1H. The Bertz CT molecular complexity index is 436. The van der Waals surface area contributed by atoms with E-state index in [4.69, 9.17) is 0 Å². The first-order valence-corrected chi connectivity index (χ1v) is 8.41. The first-order valence-electron chi connectivity index (χ1n) is 7.60. The number of piperidine rings is 1. The summed E-state index contributed by atoms with van der Waals surface area (Å²) in [7, 11) is 0. The fraction of sp³-hybridized carbons (Fsp3) is 0.733. The Balaban J connectivity index is 0.00000220. The highest BCUT2D eigenvalue weighted by Gasteiger charge is 2.21. The number of aryl methyl sites for hydroxylation is 1. The third-order valence-electron chi connectivity index (χ3n) is 4.03. The summed E-state index contributed by atoms with van der Waals surface area (Å²) in [6, 6.07) is 0. The van der Waals surface area contributed by atoms with Crippen molar-refractivity contribution in [3.63, 3.8) is 0 Å². The molecule has 1 aliphatic heterocycles. The number of thiazole rings is 1. The Hall–Kier alpha value is -0.360. The van der Waals surface area contributed by atoms with Crippen LogP contribution in [0.5, 0.6) is 0 Å². The van der Waals surface area contributed by atoms with E-state index in [1.165, 1.54) is 17.7 Å². The number of hydrogen-bond acceptors (Lipinski definition) is 4. The monoisotopic (exact) mass is 367 g/mol. The molecular weight excluding hydrogens is 341 g/mol. The van der Waals surface area contributed by atoms with E-state index in [2.05, 4.69) is 29.5 Å². The molecule has 1 aromatic heterocycles. The molecule has 2 rings (SSSR count). The molecule has 2 unspecified atom stereocenters. The SMILES string of the molecule is CCc1cnc(CNC(=O)CC(C)C2CCCNC2)s1.Cl.Cl. The molecule has 0 aliphatic carbocycles. The van der Waals surface area contributed by atoms with Crippen molar-refractivity contribution in [1.29, 1.82) is 0 Å². The van der Waals surface area contributed by atoms with Gasteiger partial charge in [0.05, 0.1) is 6.54 Å². The molecule has 1 aromatic rings. The third-order valence-corrected chi connectivity index (χ3v) is 5.18. The first kappa shape index (κ1) is 21.6. The largest absolute Gasteiger partial charge is 0.350 e. The molecule has 1 saturated heterocycles. The van der Waals surface area contributed by atoms with Crippen LogP contribution in [0.4, 0.5) is 0 Å². The lowest BCUT2D eigenvalue weighted by Gasteiger charge is -2.27. The van der Waals surface area contributed by atoms with E-state index in [1.54, 1.807) is 11.3 Å². The lowest BCUT2D eigenvalue weighted by atomic mass is 9.85. The molecule has 128 valence electrons. The molecule has 1 aliphatic rings. The van der Waals surface area contributed by atoms with Crippen LogP contribution in [-0.4, -0.2) is 24.0 Å². The Labute approximate surface area is 149 Å². The lowest BCUT2D eigenvalue weighted by Crippen LogP contribution is -2.35. The van der Waals surface area contributed by atoms with Crippen LogP contribution in [0.3, 0.4) is 0 Å². The highest BCUT2D eigenvalue weighted by molar-refractivity contribution is 7.11. The molecule has 0 bridgehead atoms. The highest BCUT2D eigenvalue weighted by atomic mass is 35.5. The smallest absolute Gasteiger partial charge is 0.220 e. The van der Waals surface area contributed by atoms with E-state index in [0.717, 1.165) is 24.5 Å². The van der Waals surface area contributed by atoms with Gasteiger partial charge in [-0.1, -0.05) is 13.8 Å². The molecule has 1 fully saturated rings. The molecule has 1 amide bonds. The predicted octanol–water partition coefficient (Wildman–Crippen LogP) is 3.19. The van der Waals surface area contributed by atoms with E-state index in [0.29, 0.717) is 24.8 Å². The Morgan fingerprint density at radius 2 is 2.32 bits per heavy atom. The van der Waals surface area contributed by atoms with Crippen molar-refractivity contribution in [2.24, 2.45) is 11.8 Å². The summed E-state index contributed by atoms with van der Waals surface area (Å²) in [5, 5.41) is 7.41. The molecule has 0 radical (unpaired) electrons. The van der Waals surface area contributed by atoms with Gasteiger partial charge in [-0.15, -0.1) is 36.2 Å². The molecule has 2 heterocycles. The van der Waals surface area contributed by atoms with Crippen LogP contribution in [0.15, 0.2) is 6.20 Å². The maximum atomic E-state index is 12.0. The number of halogens is 2. The van der Waals surface area contributed by atoms with E-state index in [-0.39, 0.29) is 30.7 Å². The number of nitrogens with one attached hydrogen (secondary N) is 2. The minimum Gasteiger partial charge on any atom is -0.350 e. The summed E-state index contributed by atoms with van der Waals surface area (Å²) in [4.78, 5) is 17.6.